The third-order valence-electron chi connectivity index (χ3n) is 3.90. The number of alkyl halides is 3. The third kappa shape index (κ3) is 3.80. The molecule has 0 spiro atoms. The number of amides is 1. The average Bonchev–Trinajstić information content (AvgIpc) is 2.83. The van der Waals surface area contributed by atoms with Crippen molar-refractivity contribution < 1.29 is 32.3 Å². The van der Waals surface area contributed by atoms with Crippen LogP contribution in [0, 0.1) is 5.41 Å². The summed E-state index contributed by atoms with van der Waals surface area (Å²) in [6, 6.07) is 2.98. The maximum absolute atomic E-state index is 12.6. The first-order chi connectivity index (χ1) is 10.2. The van der Waals surface area contributed by atoms with Gasteiger partial charge in [-0.05, 0) is 25.0 Å². The van der Waals surface area contributed by atoms with E-state index in [2.05, 4.69) is 0 Å². The minimum atomic E-state index is -4.56. The van der Waals surface area contributed by atoms with Gasteiger partial charge in [0.25, 0.3) is 0 Å². The first-order valence-corrected chi connectivity index (χ1v) is 6.82. The molecule has 1 amide bonds. The largest absolute Gasteiger partial charge is 0.481 e. The molecule has 1 saturated carbocycles. The lowest BCUT2D eigenvalue weighted by atomic mass is 9.66. The zero-order valence-corrected chi connectivity index (χ0v) is 11.7. The van der Waals surface area contributed by atoms with Crippen LogP contribution in [0.15, 0.2) is 22.8 Å². The number of carbonyl (C=O) groups excluding carboxylic acids is 1. The fraction of sp³-hybridized carbons (Fsp3) is 0.571. The highest BCUT2D eigenvalue weighted by atomic mass is 19.4. The zero-order chi connectivity index (χ0) is 16.4. The predicted molar refractivity (Wildman–Crippen MR) is 68.7 cm³/mol. The lowest BCUT2D eigenvalue weighted by molar-refractivity contribution is -0.169. The number of carboxylic acids is 1. The molecule has 1 heterocycles. The van der Waals surface area contributed by atoms with Gasteiger partial charge >= 0.3 is 12.1 Å². The summed E-state index contributed by atoms with van der Waals surface area (Å²) < 4.78 is 42.9. The van der Waals surface area contributed by atoms with Crippen LogP contribution in [0.25, 0.3) is 0 Å². The maximum Gasteiger partial charge on any atom is 0.406 e. The molecule has 0 unspecified atom stereocenters. The fourth-order valence-corrected chi connectivity index (χ4v) is 2.51. The molecule has 122 valence electrons. The molecule has 1 aliphatic carbocycles. The van der Waals surface area contributed by atoms with Gasteiger partial charge in [-0.25, -0.2) is 0 Å². The molecule has 22 heavy (non-hydrogen) atoms. The Morgan fingerprint density at radius 2 is 2.05 bits per heavy atom. The Morgan fingerprint density at radius 1 is 1.36 bits per heavy atom. The van der Waals surface area contributed by atoms with E-state index in [0.29, 0.717) is 24.2 Å². The van der Waals surface area contributed by atoms with Crippen molar-refractivity contribution >= 4 is 11.9 Å². The van der Waals surface area contributed by atoms with Gasteiger partial charge in [-0.3, -0.25) is 9.59 Å². The van der Waals surface area contributed by atoms with Crippen LogP contribution in [-0.2, 0) is 16.1 Å². The summed E-state index contributed by atoms with van der Waals surface area (Å²) in [4.78, 5) is 24.0. The van der Waals surface area contributed by atoms with E-state index in [4.69, 9.17) is 4.42 Å². The summed E-state index contributed by atoms with van der Waals surface area (Å²) >= 11 is 0. The van der Waals surface area contributed by atoms with E-state index in [1.165, 1.54) is 18.4 Å². The molecule has 0 aliphatic heterocycles. The maximum atomic E-state index is 12.6. The highest BCUT2D eigenvalue weighted by molar-refractivity contribution is 5.85. The van der Waals surface area contributed by atoms with Crippen molar-refractivity contribution in [2.24, 2.45) is 5.41 Å². The topological polar surface area (TPSA) is 70.8 Å². The van der Waals surface area contributed by atoms with Crippen LogP contribution < -0.4 is 0 Å². The molecule has 0 saturated heterocycles. The normalized spacial score (nSPS) is 16.9. The number of furan rings is 1. The van der Waals surface area contributed by atoms with Crippen LogP contribution in [0.2, 0.25) is 0 Å². The Balaban J connectivity index is 2.09. The second-order valence-electron chi connectivity index (χ2n) is 5.56. The van der Waals surface area contributed by atoms with E-state index >= 15 is 0 Å². The van der Waals surface area contributed by atoms with Crippen LogP contribution in [0.4, 0.5) is 13.2 Å². The van der Waals surface area contributed by atoms with E-state index in [1.807, 2.05) is 0 Å². The van der Waals surface area contributed by atoms with Crippen molar-refractivity contribution in [1.82, 2.24) is 4.90 Å². The molecule has 2 rings (SSSR count). The Labute approximate surface area is 124 Å². The molecule has 1 aromatic heterocycles. The molecule has 8 heteroatoms. The molecule has 0 radical (unpaired) electrons. The van der Waals surface area contributed by atoms with Crippen molar-refractivity contribution in [3.63, 3.8) is 0 Å². The summed E-state index contributed by atoms with van der Waals surface area (Å²) in [6.45, 7) is -1.76. The van der Waals surface area contributed by atoms with E-state index in [0.717, 1.165) is 0 Å². The summed E-state index contributed by atoms with van der Waals surface area (Å²) in [5.41, 5.74) is -1.22. The highest BCUT2D eigenvalue weighted by Gasteiger charge is 2.47. The van der Waals surface area contributed by atoms with Gasteiger partial charge in [0.05, 0.1) is 18.2 Å². The van der Waals surface area contributed by atoms with E-state index < -0.39 is 36.4 Å². The second-order valence-corrected chi connectivity index (χ2v) is 5.56. The number of halogens is 3. The number of rotatable bonds is 6. The Bertz CT molecular complexity index is 535. The minimum Gasteiger partial charge on any atom is -0.481 e. The van der Waals surface area contributed by atoms with E-state index in [-0.39, 0.29) is 12.3 Å². The van der Waals surface area contributed by atoms with Gasteiger partial charge in [-0.2, -0.15) is 13.2 Å². The quantitative estimate of drug-likeness (QED) is 0.875. The Hall–Kier alpha value is -1.99. The molecular formula is C14H16F3NO4. The first-order valence-electron chi connectivity index (χ1n) is 6.82. The lowest BCUT2D eigenvalue weighted by Gasteiger charge is -2.38. The lowest BCUT2D eigenvalue weighted by Crippen LogP contribution is -2.45. The second kappa shape index (κ2) is 6.02. The molecule has 5 nitrogen and oxygen atoms in total. The fourth-order valence-electron chi connectivity index (χ4n) is 2.51. The van der Waals surface area contributed by atoms with Gasteiger partial charge in [0.1, 0.15) is 12.3 Å². The van der Waals surface area contributed by atoms with Crippen molar-refractivity contribution in [3.05, 3.63) is 24.2 Å². The molecule has 0 atom stereocenters. The number of carboxylic acid groups (broad SMARTS) is 1. The van der Waals surface area contributed by atoms with Gasteiger partial charge in [-0.15, -0.1) is 0 Å². The van der Waals surface area contributed by atoms with Crippen LogP contribution >= 0.6 is 0 Å². The number of carbonyl (C=O) groups is 2. The van der Waals surface area contributed by atoms with Crippen LogP contribution in [0.5, 0.6) is 0 Å². The van der Waals surface area contributed by atoms with E-state index in [1.54, 1.807) is 0 Å². The van der Waals surface area contributed by atoms with Gasteiger partial charge in [-0.1, -0.05) is 6.42 Å². The minimum absolute atomic E-state index is 0.218. The van der Waals surface area contributed by atoms with Gasteiger partial charge < -0.3 is 14.4 Å². The monoisotopic (exact) mass is 319 g/mol. The molecule has 0 aromatic carbocycles. The van der Waals surface area contributed by atoms with Crippen LogP contribution in [0.3, 0.4) is 0 Å². The molecule has 0 bridgehead atoms. The SMILES string of the molecule is O=C(CC1(C(=O)O)CCC1)N(Cc1ccco1)CC(F)(F)F. The summed E-state index contributed by atoms with van der Waals surface area (Å²) in [5.74, 6) is -1.73. The summed E-state index contributed by atoms with van der Waals surface area (Å²) in [6.07, 6.45) is -2.38. The standard InChI is InChI=1S/C14H16F3NO4/c15-14(16,17)9-18(8-10-3-1-6-22-10)11(19)7-13(12(20)21)4-2-5-13/h1,3,6H,2,4-5,7-9H2,(H,20,21). The molecular weight excluding hydrogens is 303 g/mol. The smallest absolute Gasteiger partial charge is 0.406 e. The third-order valence-corrected chi connectivity index (χ3v) is 3.90. The van der Waals surface area contributed by atoms with Crippen LogP contribution in [0.1, 0.15) is 31.4 Å². The Kier molecular flexibility index (Phi) is 4.48. The number of hydrogen-bond donors (Lipinski definition) is 1. The summed E-state index contributed by atoms with van der Waals surface area (Å²) in [5, 5.41) is 9.19. The van der Waals surface area contributed by atoms with Crippen LogP contribution in [-0.4, -0.2) is 34.6 Å². The first kappa shape index (κ1) is 16.4. The average molecular weight is 319 g/mol. The molecule has 1 N–H and O–H groups in total. The molecule has 1 aliphatic rings. The van der Waals surface area contributed by atoms with Gasteiger partial charge in [0.2, 0.25) is 5.91 Å². The van der Waals surface area contributed by atoms with Crippen molar-refractivity contribution in [1.29, 1.82) is 0 Å². The van der Waals surface area contributed by atoms with E-state index in [9.17, 15) is 27.9 Å². The number of hydrogen-bond acceptors (Lipinski definition) is 3. The summed E-state index contributed by atoms with van der Waals surface area (Å²) in [7, 11) is 0. The van der Waals surface area contributed by atoms with Crippen molar-refractivity contribution in [2.75, 3.05) is 6.54 Å². The Morgan fingerprint density at radius 3 is 2.45 bits per heavy atom. The van der Waals surface area contributed by atoms with Gasteiger partial charge in [0, 0.05) is 6.42 Å². The number of nitrogens with zero attached hydrogens (tertiary/aromatic N) is 1. The zero-order valence-electron chi connectivity index (χ0n) is 11.7. The van der Waals surface area contributed by atoms with Crippen molar-refractivity contribution in [2.45, 2.75) is 38.4 Å². The molecule has 1 fully saturated rings. The highest BCUT2D eigenvalue weighted by Crippen LogP contribution is 2.44. The van der Waals surface area contributed by atoms with Gasteiger partial charge in [0.15, 0.2) is 0 Å². The predicted octanol–water partition coefficient (Wildman–Crippen LogP) is 2.82. The number of aliphatic carboxylic acids is 1. The molecule has 1 aromatic rings. The van der Waals surface area contributed by atoms with Crippen molar-refractivity contribution in [3.8, 4) is 0 Å².